The predicted molar refractivity (Wildman–Crippen MR) is 126 cm³/mol. The van der Waals surface area contributed by atoms with Crippen molar-refractivity contribution in [2.45, 2.75) is 18.9 Å². The Morgan fingerprint density at radius 2 is 2.12 bits per heavy atom. The lowest BCUT2D eigenvalue weighted by molar-refractivity contribution is -0.384. The van der Waals surface area contributed by atoms with Gasteiger partial charge >= 0.3 is 5.69 Å². The maximum absolute atomic E-state index is 12.1. The largest absolute Gasteiger partial charge is 0.364 e. The minimum Gasteiger partial charge on any atom is -0.364 e. The van der Waals surface area contributed by atoms with Crippen molar-refractivity contribution in [1.82, 2.24) is 20.3 Å². The minimum atomic E-state index is -0.389. The number of carbonyl (C=O) groups is 1. The molecule has 10 nitrogen and oxygen atoms in total. The van der Waals surface area contributed by atoms with E-state index in [-0.39, 0.29) is 22.6 Å². The maximum atomic E-state index is 12.1. The average molecular weight is 445 g/mol. The lowest BCUT2D eigenvalue weighted by atomic mass is 10.00. The second-order valence-electron chi connectivity index (χ2n) is 8.23. The number of amides is 1. The first-order chi connectivity index (χ1) is 16.0. The molecule has 168 valence electrons. The Morgan fingerprint density at radius 3 is 2.88 bits per heavy atom. The van der Waals surface area contributed by atoms with Crippen molar-refractivity contribution in [1.29, 1.82) is 0 Å². The van der Waals surface area contributed by atoms with Gasteiger partial charge in [0, 0.05) is 54.9 Å². The highest BCUT2D eigenvalue weighted by Gasteiger charge is 2.27. The highest BCUT2D eigenvalue weighted by atomic mass is 16.6. The van der Waals surface area contributed by atoms with Gasteiger partial charge in [-0.3, -0.25) is 14.9 Å². The molecule has 33 heavy (non-hydrogen) atoms. The fraction of sp³-hybridized carbons (Fsp3) is 0.261. The summed E-state index contributed by atoms with van der Waals surface area (Å²) in [6.45, 7) is 1.25. The van der Waals surface area contributed by atoms with Crippen LogP contribution in [0.5, 0.6) is 0 Å². The molecule has 4 heterocycles. The van der Waals surface area contributed by atoms with E-state index in [0.29, 0.717) is 40.9 Å². The van der Waals surface area contributed by atoms with Crippen LogP contribution in [0.2, 0.25) is 0 Å². The number of aromatic nitrogens is 3. The summed E-state index contributed by atoms with van der Waals surface area (Å²) in [5.74, 6) is -0.224. The van der Waals surface area contributed by atoms with E-state index in [2.05, 4.69) is 20.3 Å². The highest BCUT2D eigenvalue weighted by Crippen LogP contribution is 2.39. The van der Waals surface area contributed by atoms with E-state index in [1.54, 1.807) is 13.1 Å². The van der Waals surface area contributed by atoms with Crippen molar-refractivity contribution in [3.05, 3.63) is 58.5 Å². The Hall–Kier alpha value is -4.05. The van der Waals surface area contributed by atoms with E-state index in [1.807, 2.05) is 29.3 Å². The molecule has 5 rings (SSSR count). The van der Waals surface area contributed by atoms with E-state index < -0.39 is 0 Å². The van der Waals surface area contributed by atoms with Gasteiger partial charge in [0.1, 0.15) is 17.5 Å². The number of anilines is 1. The van der Waals surface area contributed by atoms with Crippen LogP contribution in [0.1, 0.15) is 23.2 Å². The molecular formula is C23H23N7O3. The fourth-order valence-corrected chi connectivity index (χ4v) is 4.53. The van der Waals surface area contributed by atoms with Gasteiger partial charge in [0.2, 0.25) is 0 Å². The molecule has 3 aromatic heterocycles. The van der Waals surface area contributed by atoms with Gasteiger partial charge in [0.15, 0.2) is 0 Å². The van der Waals surface area contributed by atoms with Gasteiger partial charge in [-0.1, -0.05) is 6.07 Å². The molecule has 0 bridgehead atoms. The van der Waals surface area contributed by atoms with Crippen LogP contribution in [-0.4, -0.2) is 52.0 Å². The SMILES string of the molecule is CNC(=O)c1cnc2[nH]cc(-c3ccc4ncc([N+](=O)[O-])c(N5CCCC(N)C5)c4c3)c2c1. The second kappa shape index (κ2) is 8.14. The molecule has 1 amide bonds. The van der Waals surface area contributed by atoms with E-state index >= 15 is 0 Å². The van der Waals surface area contributed by atoms with Crippen molar-refractivity contribution < 1.29 is 9.72 Å². The number of hydrogen-bond donors (Lipinski definition) is 3. The lowest BCUT2D eigenvalue weighted by Crippen LogP contribution is -2.43. The molecule has 4 aromatic rings. The van der Waals surface area contributed by atoms with E-state index in [0.717, 1.165) is 29.4 Å². The van der Waals surface area contributed by atoms with Crippen LogP contribution in [0.4, 0.5) is 11.4 Å². The monoisotopic (exact) mass is 445 g/mol. The summed E-state index contributed by atoms with van der Waals surface area (Å²) in [6, 6.07) is 7.44. The minimum absolute atomic E-state index is 0.0313. The number of piperidine rings is 1. The lowest BCUT2D eigenvalue weighted by Gasteiger charge is -2.32. The number of benzene rings is 1. The van der Waals surface area contributed by atoms with Crippen molar-refractivity contribution in [3.8, 4) is 11.1 Å². The Kier molecular flexibility index (Phi) is 5.14. The molecule has 0 aliphatic carbocycles. The number of rotatable bonds is 4. The van der Waals surface area contributed by atoms with Crippen LogP contribution in [-0.2, 0) is 0 Å². The molecule has 1 aliphatic heterocycles. The summed E-state index contributed by atoms with van der Waals surface area (Å²) in [5.41, 5.74) is 10.2. The average Bonchev–Trinajstić information content (AvgIpc) is 3.25. The maximum Gasteiger partial charge on any atom is 0.311 e. The molecule has 4 N–H and O–H groups in total. The third kappa shape index (κ3) is 3.64. The molecule has 10 heteroatoms. The number of fused-ring (bicyclic) bond motifs is 2. The standard InChI is InChI=1S/C23H23N7O3/c1-25-23(31)14-8-16-18(10-28-22(16)27-9-14)13-4-5-19-17(7-13)21(20(11-26-19)30(32)33)29-6-2-3-15(24)12-29/h4-5,7-11,15H,2-3,6,12,24H2,1H3,(H,25,31)(H,27,28). The number of nitrogens with one attached hydrogen (secondary N) is 2. The van der Waals surface area contributed by atoms with Gasteiger partial charge in [-0.15, -0.1) is 0 Å². The summed E-state index contributed by atoms with van der Waals surface area (Å²) >= 11 is 0. The summed E-state index contributed by atoms with van der Waals surface area (Å²) in [6.07, 6.45) is 6.44. The number of H-pyrrole nitrogens is 1. The molecule has 0 spiro atoms. The molecular weight excluding hydrogens is 422 g/mol. The van der Waals surface area contributed by atoms with E-state index in [9.17, 15) is 14.9 Å². The third-order valence-corrected chi connectivity index (χ3v) is 6.12. The third-order valence-electron chi connectivity index (χ3n) is 6.12. The summed E-state index contributed by atoms with van der Waals surface area (Å²) in [7, 11) is 1.57. The van der Waals surface area contributed by atoms with Crippen molar-refractivity contribution in [2.75, 3.05) is 25.0 Å². The number of nitrogens with two attached hydrogens (primary N) is 1. The Labute approximate surface area is 189 Å². The van der Waals surface area contributed by atoms with Gasteiger partial charge in [-0.2, -0.15) is 0 Å². The van der Waals surface area contributed by atoms with E-state index in [1.165, 1.54) is 12.4 Å². The molecule has 0 radical (unpaired) electrons. The second-order valence-corrected chi connectivity index (χ2v) is 8.23. The fourth-order valence-electron chi connectivity index (χ4n) is 4.53. The highest BCUT2D eigenvalue weighted by molar-refractivity contribution is 6.04. The summed E-state index contributed by atoms with van der Waals surface area (Å²) < 4.78 is 0. The predicted octanol–water partition coefficient (Wildman–Crippen LogP) is 2.97. The normalized spacial score (nSPS) is 16.3. The zero-order valence-electron chi connectivity index (χ0n) is 18.0. The Morgan fingerprint density at radius 1 is 1.27 bits per heavy atom. The van der Waals surface area contributed by atoms with Gasteiger partial charge in [-0.25, -0.2) is 9.97 Å². The molecule has 1 fully saturated rings. The Bertz CT molecular complexity index is 1400. The van der Waals surface area contributed by atoms with Gasteiger partial charge in [0.05, 0.1) is 16.0 Å². The van der Waals surface area contributed by atoms with Gasteiger partial charge < -0.3 is 20.9 Å². The van der Waals surface area contributed by atoms with Crippen LogP contribution in [0.15, 0.2) is 42.9 Å². The van der Waals surface area contributed by atoms with Crippen molar-refractivity contribution >= 4 is 39.2 Å². The molecule has 1 aromatic carbocycles. The number of carbonyl (C=O) groups excluding carboxylic acids is 1. The number of nitrogens with zero attached hydrogens (tertiary/aromatic N) is 4. The number of nitro groups is 1. The summed E-state index contributed by atoms with van der Waals surface area (Å²) in [5, 5.41) is 16.0. The van der Waals surface area contributed by atoms with Crippen LogP contribution >= 0.6 is 0 Å². The van der Waals surface area contributed by atoms with Crippen LogP contribution in [0.25, 0.3) is 33.1 Å². The zero-order valence-corrected chi connectivity index (χ0v) is 18.0. The first-order valence-electron chi connectivity index (χ1n) is 10.7. The number of aromatic amines is 1. The quantitative estimate of drug-likeness (QED) is 0.324. The molecule has 1 aliphatic rings. The first kappa shape index (κ1) is 20.8. The van der Waals surface area contributed by atoms with Crippen LogP contribution < -0.4 is 16.0 Å². The van der Waals surface area contributed by atoms with Gasteiger partial charge in [0.25, 0.3) is 5.91 Å². The van der Waals surface area contributed by atoms with Crippen molar-refractivity contribution in [2.24, 2.45) is 5.73 Å². The topological polar surface area (TPSA) is 143 Å². The van der Waals surface area contributed by atoms with Crippen LogP contribution in [0, 0.1) is 10.1 Å². The molecule has 1 atom stereocenters. The first-order valence-corrected chi connectivity index (χ1v) is 10.7. The Balaban J connectivity index is 1.70. The van der Waals surface area contributed by atoms with Crippen molar-refractivity contribution in [3.63, 3.8) is 0 Å². The summed E-state index contributed by atoms with van der Waals surface area (Å²) in [4.78, 5) is 37.4. The zero-order chi connectivity index (χ0) is 23.1. The molecule has 1 unspecified atom stereocenters. The molecule has 1 saturated heterocycles. The van der Waals surface area contributed by atoms with Gasteiger partial charge in [-0.05, 0) is 36.6 Å². The number of pyridine rings is 2. The smallest absolute Gasteiger partial charge is 0.311 e. The van der Waals surface area contributed by atoms with Crippen LogP contribution in [0.3, 0.4) is 0 Å². The van der Waals surface area contributed by atoms with E-state index in [4.69, 9.17) is 5.73 Å². The molecule has 0 saturated carbocycles. The number of hydrogen-bond acceptors (Lipinski definition) is 7.